The van der Waals surface area contributed by atoms with Crippen molar-refractivity contribution in [1.29, 1.82) is 5.41 Å². The minimum absolute atomic E-state index is 0.101. The first-order valence-electron chi connectivity index (χ1n) is 5.11. The molecule has 0 aromatic heterocycles. The van der Waals surface area contributed by atoms with Crippen molar-refractivity contribution < 1.29 is 9.59 Å². The monoisotopic (exact) mass is 232 g/mol. The maximum atomic E-state index is 11.7. The normalized spacial score (nSPS) is 20.0. The van der Waals surface area contributed by atoms with Gasteiger partial charge in [-0.3, -0.25) is 20.4 Å². The summed E-state index contributed by atoms with van der Waals surface area (Å²) in [4.78, 5) is 24.5. The number of carbonyl (C=O) groups is 2. The van der Waals surface area contributed by atoms with Crippen LogP contribution in [0.25, 0.3) is 0 Å². The van der Waals surface area contributed by atoms with Gasteiger partial charge in [-0.15, -0.1) is 0 Å². The highest BCUT2D eigenvalue weighted by Crippen LogP contribution is 2.18. The van der Waals surface area contributed by atoms with Gasteiger partial charge in [0.2, 0.25) is 5.91 Å². The van der Waals surface area contributed by atoms with Crippen molar-refractivity contribution >= 4 is 23.5 Å². The number of hydrogen-bond donors (Lipinski definition) is 3. The van der Waals surface area contributed by atoms with E-state index < -0.39 is 17.9 Å². The van der Waals surface area contributed by atoms with Crippen molar-refractivity contribution in [3.63, 3.8) is 0 Å². The lowest BCUT2D eigenvalue weighted by atomic mass is 10.0. The van der Waals surface area contributed by atoms with Crippen molar-refractivity contribution in [3.05, 3.63) is 30.3 Å². The lowest BCUT2D eigenvalue weighted by Crippen LogP contribution is -2.57. The van der Waals surface area contributed by atoms with Crippen molar-refractivity contribution in [1.82, 2.24) is 5.32 Å². The molecule has 0 spiro atoms. The quantitative estimate of drug-likeness (QED) is 0.505. The number of imide groups is 1. The summed E-state index contributed by atoms with van der Waals surface area (Å²) < 4.78 is 0. The molecule has 1 saturated heterocycles. The van der Waals surface area contributed by atoms with Gasteiger partial charge in [0, 0.05) is 12.2 Å². The van der Waals surface area contributed by atoms with Gasteiger partial charge in [-0.05, 0) is 12.1 Å². The lowest BCUT2D eigenvalue weighted by molar-refractivity contribution is -0.122. The number of nitrogens with two attached hydrogens (primary N) is 1. The van der Waals surface area contributed by atoms with Crippen LogP contribution in [-0.2, 0) is 4.79 Å². The Kier molecular flexibility index (Phi) is 2.78. The Balaban J connectivity index is 2.27. The van der Waals surface area contributed by atoms with Crippen LogP contribution in [-0.4, -0.2) is 24.3 Å². The van der Waals surface area contributed by atoms with Gasteiger partial charge in [0.15, 0.2) is 0 Å². The molecule has 1 heterocycles. The molecule has 3 amide bonds. The number of rotatable bonds is 2. The highest BCUT2D eigenvalue weighted by molar-refractivity contribution is 6.13. The summed E-state index contributed by atoms with van der Waals surface area (Å²) in [6, 6.07) is 8.44. The molecule has 88 valence electrons. The Labute approximate surface area is 97.9 Å². The topological polar surface area (TPSA) is 99.3 Å². The van der Waals surface area contributed by atoms with Gasteiger partial charge in [0.05, 0.1) is 0 Å². The molecule has 1 aliphatic rings. The van der Waals surface area contributed by atoms with Crippen molar-refractivity contribution in [2.45, 2.75) is 0 Å². The summed E-state index contributed by atoms with van der Waals surface area (Å²) >= 11 is 0. The van der Waals surface area contributed by atoms with Crippen LogP contribution in [0.1, 0.15) is 0 Å². The first-order valence-corrected chi connectivity index (χ1v) is 5.11. The van der Waals surface area contributed by atoms with E-state index in [4.69, 9.17) is 11.1 Å². The highest BCUT2D eigenvalue weighted by atomic mass is 16.2. The number of para-hydroxylation sites is 1. The molecule has 1 aliphatic heterocycles. The number of amides is 3. The molecule has 0 radical (unpaired) electrons. The molecule has 4 N–H and O–H groups in total. The molecule has 1 aromatic rings. The van der Waals surface area contributed by atoms with Crippen LogP contribution in [0.5, 0.6) is 0 Å². The molecular weight excluding hydrogens is 220 g/mol. The fraction of sp³-hybridized carbons (Fsp3) is 0.182. The summed E-state index contributed by atoms with van der Waals surface area (Å²) in [5, 5.41) is 9.50. The first kappa shape index (κ1) is 11.1. The van der Waals surface area contributed by atoms with Crippen molar-refractivity contribution in [2.75, 3.05) is 11.4 Å². The molecule has 6 heteroatoms. The Morgan fingerprint density at radius 1 is 1.35 bits per heavy atom. The van der Waals surface area contributed by atoms with E-state index in [9.17, 15) is 9.59 Å². The van der Waals surface area contributed by atoms with Gasteiger partial charge in [-0.25, -0.2) is 4.79 Å². The van der Waals surface area contributed by atoms with Crippen LogP contribution in [0, 0.1) is 11.3 Å². The van der Waals surface area contributed by atoms with E-state index in [1.165, 1.54) is 4.90 Å². The molecule has 0 saturated carbocycles. The minimum atomic E-state index is -0.784. The number of hydrogen-bond acceptors (Lipinski definition) is 3. The molecule has 6 nitrogen and oxygen atoms in total. The number of nitrogens with one attached hydrogen (secondary N) is 2. The largest absolute Gasteiger partial charge is 0.387 e. The number of carbonyl (C=O) groups excluding carboxylic acids is 2. The minimum Gasteiger partial charge on any atom is -0.387 e. The van der Waals surface area contributed by atoms with E-state index in [0.717, 1.165) is 0 Å². The van der Waals surface area contributed by atoms with E-state index in [2.05, 4.69) is 5.32 Å². The Bertz CT molecular complexity index is 472. The third-order valence-corrected chi connectivity index (χ3v) is 2.60. The molecule has 17 heavy (non-hydrogen) atoms. The zero-order valence-electron chi connectivity index (χ0n) is 9.01. The van der Waals surface area contributed by atoms with Gasteiger partial charge < -0.3 is 5.73 Å². The smallest absolute Gasteiger partial charge is 0.328 e. The average Bonchev–Trinajstić information content (AvgIpc) is 2.29. The van der Waals surface area contributed by atoms with Crippen molar-refractivity contribution in [3.8, 4) is 0 Å². The maximum absolute atomic E-state index is 11.7. The molecule has 0 aliphatic carbocycles. The standard InChI is InChI=1S/C11H12N4O2/c12-9(13)8-6-15(11(17)14-10(8)16)7-4-2-1-3-5-7/h1-5,8H,6H2,(H3,12,13)(H,14,16,17)/t8-/m1/s1. The lowest BCUT2D eigenvalue weighted by Gasteiger charge is -2.31. The molecule has 0 unspecified atom stereocenters. The van der Waals surface area contributed by atoms with Crippen LogP contribution in [0.15, 0.2) is 30.3 Å². The number of nitrogens with zero attached hydrogens (tertiary/aromatic N) is 1. The second kappa shape index (κ2) is 4.25. The van der Waals surface area contributed by atoms with Gasteiger partial charge >= 0.3 is 6.03 Å². The third kappa shape index (κ3) is 2.10. The zero-order valence-corrected chi connectivity index (χ0v) is 9.01. The molecule has 0 bridgehead atoms. The SMILES string of the molecule is N=C(N)[C@H]1CN(c2ccccc2)C(=O)NC1=O. The molecular formula is C11H12N4O2. The molecule has 1 fully saturated rings. The van der Waals surface area contributed by atoms with Gasteiger partial charge in [-0.1, -0.05) is 18.2 Å². The number of anilines is 1. The summed E-state index contributed by atoms with van der Waals surface area (Å²) in [6.45, 7) is 0.101. The predicted octanol–water partition coefficient (Wildman–Crippen LogP) is 0.295. The Morgan fingerprint density at radius 3 is 2.59 bits per heavy atom. The molecule has 1 aromatic carbocycles. The van der Waals surface area contributed by atoms with Gasteiger partial charge in [-0.2, -0.15) is 0 Å². The summed E-state index contributed by atoms with van der Waals surface area (Å²) in [5.41, 5.74) is 6.00. The second-order valence-electron chi connectivity index (χ2n) is 3.75. The summed E-state index contributed by atoms with van der Waals surface area (Å²) in [6.07, 6.45) is 0. The highest BCUT2D eigenvalue weighted by Gasteiger charge is 2.34. The molecule has 2 rings (SSSR count). The van der Waals surface area contributed by atoms with E-state index in [0.29, 0.717) is 5.69 Å². The Morgan fingerprint density at radius 2 is 2.00 bits per heavy atom. The predicted molar refractivity (Wildman–Crippen MR) is 62.7 cm³/mol. The summed E-state index contributed by atoms with van der Waals surface area (Å²) in [7, 11) is 0. The zero-order chi connectivity index (χ0) is 12.4. The van der Waals surface area contributed by atoms with Crippen LogP contribution in [0.3, 0.4) is 0 Å². The fourth-order valence-corrected chi connectivity index (χ4v) is 1.68. The average molecular weight is 232 g/mol. The molecule has 1 atom stereocenters. The van der Waals surface area contributed by atoms with Crippen LogP contribution in [0.4, 0.5) is 10.5 Å². The fourth-order valence-electron chi connectivity index (χ4n) is 1.68. The van der Waals surface area contributed by atoms with Crippen molar-refractivity contribution in [2.24, 2.45) is 11.7 Å². The van der Waals surface area contributed by atoms with E-state index in [-0.39, 0.29) is 12.4 Å². The van der Waals surface area contributed by atoms with Crippen LogP contribution in [0.2, 0.25) is 0 Å². The van der Waals surface area contributed by atoms with Crippen LogP contribution >= 0.6 is 0 Å². The summed E-state index contributed by atoms with van der Waals surface area (Å²) in [5.74, 6) is -1.54. The number of urea groups is 1. The number of benzene rings is 1. The van der Waals surface area contributed by atoms with Crippen LogP contribution < -0.4 is 16.0 Å². The van der Waals surface area contributed by atoms with E-state index in [1.807, 2.05) is 6.07 Å². The Hall–Kier alpha value is -2.37. The van der Waals surface area contributed by atoms with Gasteiger partial charge in [0.1, 0.15) is 11.8 Å². The second-order valence-corrected chi connectivity index (χ2v) is 3.75. The number of amidine groups is 1. The maximum Gasteiger partial charge on any atom is 0.328 e. The van der Waals surface area contributed by atoms with E-state index >= 15 is 0 Å². The van der Waals surface area contributed by atoms with Gasteiger partial charge in [0.25, 0.3) is 0 Å². The third-order valence-electron chi connectivity index (χ3n) is 2.60. The van der Waals surface area contributed by atoms with E-state index in [1.54, 1.807) is 24.3 Å². The first-order chi connectivity index (χ1) is 8.09.